The van der Waals surface area contributed by atoms with Crippen molar-refractivity contribution < 1.29 is 19.5 Å². The van der Waals surface area contributed by atoms with E-state index in [1.165, 1.54) is 25.7 Å². The molecule has 0 aromatic heterocycles. The second kappa shape index (κ2) is 13.2. The van der Waals surface area contributed by atoms with Crippen LogP contribution in [0.15, 0.2) is 41.5 Å². The van der Waals surface area contributed by atoms with Gasteiger partial charge in [0.25, 0.3) is 0 Å². The molecule has 0 aliphatic heterocycles. The smallest absolute Gasteiger partial charge is 0.328 e. The summed E-state index contributed by atoms with van der Waals surface area (Å²) in [5.74, 6) is -1.80. The zero-order chi connectivity index (χ0) is 20.8. The van der Waals surface area contributed by atoms with Crippen molar-refractivity contribution in [3.05, 3.63) is 42.0 Å². The molecule has 7 heteroatoms. The van der Waals surface area contributed by atoms with E-state index < -0.39 is 11.9 Å². The number of hydrogen-bond acceptors (Lipinski definition) is 4. The van der Waals surface area contributed by atoms with Gasteiger partial charge >= 0.3 is 5.97 Å². The zero-order valence-corrected chi connectivity index (χ0v) is 16.5. The number of carboxylic acids is 1. The number of nitrogens with one attached hydrogen (secondary N) is 2. The first kappa shape index (κ1) is 23.1. The maximum atomic E-state index is 11.8. The molecule has 7 nitrogen and oxygen atoms in total. The van der Waals surface area contributed by atoms with Crippen LogP contribution in [0.3, 0.4) is 0 Å². The van der Waals surface area contributed by atoms with Crippen LogP contribution in [0, 0.1) is 0 Å². The lowest BCUT2D eigenvalue weighted by molar-refractivity contribution is -0.131. The molecule has 0 aliphatic carbocycles. The number of unbranched alkanes of at least 4 members (excludes halogenated alkanes) is 5. The molecule has 0 saturated heterocycles. The van der Waals surface area contributed by atoms with E-state index in [2.05, 4.69) is 22.8 Å². The minimum Gasteiger partial charge on any atom is -0.478 e. The normalized spacial score (nSPS) is 11.4. The summed E-state index contributed by atoms with van der Waals surface area (Å²) in [5.41, 5.74) is 4.56. The number of hydrogen-bond donors (Lipinski definition) is 3. The summed E-state index contributed by atoms with van der Waals surface area (Å²) in [6, 6.07) is 6.88. The molecular formula is C21H29N3O4. The molecule has 0 unspecified atom stereocenters. The lowest BCUT2D eigenvalue weighted by atomic mass is 10.1. The quantitative estimate of drug-likeness (QED) is 0.219. The summed E-state index contributed by atoms with van der Waals surface area (Å²) in [6.45, 7) is 3.96. The third-order valence-corrected chi connectivity index (χ3v) is 4.05. The van der Waals surface area contributed by atoms with Crippen LogP contribution in [0.4, 0.5) is 5.69 Å². The number of nitrogens with zero attached hydrogens (tertiary/aromatic N) is 1. The van der Waals surface area contributed by atoms with Gasteiger partial charge in [-0.05, 0) is 31.0 Å². The molecule has 1 rings (SSSR count). The largest absolute Gasteiger partial charge is 0.478 e. The highest BCUT2D eigenvalue weighted by atomic mass is 16.4. The third-order valence-electron chi connectivity index (χ3n) is 4.05. The Morgan fingerprint density at radius 1 is 1.00 bits per heavy atom. The molecule has 0 bridgehead atoms. The van der Waals surface area contributed by atoms with Gasteiger partial charge in [0.05, 0.1) is 5.71 Å². The van der Waals surface area contributed by atoms with Gasteiger partial charge in [0.2, 0.25) is 11.8 Å². The lowest BCUT2D eigenvalue weighted by Gasteiger charge is -2.06. The van der Waals surface area contributed by atoms with Crippen molar-refractivity contribution in [2.75, 3.05) is 5.32 Å². The van der Waals surface area contributed by atoms with Crippen LogP contribution in [0.25, 0.3) is 0 Å². The molecule has 1 aromatic rings. The van der Waals surface area contributed by atoms with E-state index >= 15 is 0 Å². The first-order chi connectivity index (χ1) is 13.4. The number of anilines is 1. The number of benzene rings is 1. The standard InChI is InChI=1S/C21H29N3O4/c1-3-4-5-6-7-8-9-20(26)24-23-16(2)17-10-12-18(13-11-17)22-19(25)14-15-21(27)28/h10-15H,3-9H2,1-2H3,(H,22,25)(H,24,26)(H,27,28)/b15-14+,23-16-. The molecule has 28 heavy (non-hydrogen) atoms. The first-order valence-electron chi connectivity index (χ1n) is 9.58. The Bertz CT molecular complexity index is 709. The van der Waals surface area contributed by atoms with Crippen LogP contribution in [0.5, 0.6) is 0 Å². The molecular weight excluding hydrogens is 358 g/mol. The highest BCUT2D eigenvalue weighted by Gasteiger charge is 2.03. The SMILES string of the molecule is CCCCCCCCC(=O)N/N=C(/C)c1ccc(NC(=O)/C=C/C(=O)O)cc1. The topological polar surface area (TPSA) is 108 Å². The van der Waals surface area contributed by atoms with Crippen molar-refractivity contribution in [2.24, 2.45) is 5.10 Å². The number of hydrazone groups is 1. The second-order valence-electron chi connectivity index (χ2n) is 6.49. The number of carbonyl (C=O) groups is 3. The van der Waals surface area contributed by atoms with Gasteiger partial charge in [-0.1, -0.05) is 51.2 Å². The van der Waals surface area contributed by atoms with Gasteiger partial charge in [0.15, 0.2) is 0 Å². The van der Waals surface area contributed by atoms with Crippen LogP contribution in [-0.4, -0.2) is 28.6 Å². The summed E-state index contributed by atoms with van der Waals surface area (Å²) in [7, 11) is 0. The van der Waals surface area contributed by atoms with E-state index in [4.69, 9.17) is 5.11 Å². The Kier molecular flexibility index (Phi) is 10.9. The Morgan fingerprint density at radius 2 is 1.64 bits per heavy atom. The molecule has 2 amide bonds. The molecule has 0 radical (unpaired) electrons. The third kappa shape index (κ3) is 10.3. The van der Waals surface area contributed by atoms with Crippen LogP contribution in [0.2, 0.25) is 0 Å². The summed E-state index contributed by atoms with van der Waals surface area (Å²) < 4.78 is 0. The fourth-order valence-electron chi connectivity index (χ4n) is 2.46. The number of aliphatic carboxylic acids is 1. The zero-order valence-electron chi connectivity index (χ0n) is 16.5. The Labute approximate surface area is 165 Å². The van der Waals surface area contributed by atoms with Crippen LogP contribution < -0.4 is 10.7 Å². The molecule has 0 atom stereocenters. The van der Waals surface area contributed by atoms with E-state index in [0.717, 1.165) is 30.6 Å². The van der Waals surface area contributed by atoms with Crippen molar-refractivity contribution >= 4 is 29.2 Å². The Hall–Kier alpha value is -2.96. The van der Waals surface area contributed by atoms with Crippen LogP contribution in [0.1, 0.15) is 64.4 Å². The lowest BCUT2D eigenvalue weighted by Crippen LogP contribution is -2.18. The average molecular weight is 387 g/mol. The van der Waals surface area contributed by atoms with Gasteiger partial charge in [0, 0.05) is 24.3 Å². The molecule has 0 saturated carbocycles. The summed E-state index contributed by atoms with van der Waals surface area (Å²) >= 11 is 0. The van der Waals surface area contributed by atoms with Gasteiger partial charge < -0.3 is 10.4 Å². The van der Waals surface area contributed by atoms with Crippen LogP contribution >= 0.6 is 0 Å². The number of carboxylic acid groups (broad SMARTS) is 1. The predicted molar refractivity (Wildman–Crippen MR) is 110 cm³/mol. The van der Waals surface area contributed by atoms with Crippen molar-refractivity contribution in [3.63, 3.8) is 0 Å². The molecule has 3 N–H and O–H groups in total. The van der Waals surface area contributed by atoms with E-state index in [0.29, 0.717) is 17.8 Å². The number of rotatable bonds is 12. The molecule has 0 fully saturated rings. The summed E-state index contributed by atoms with van der Waals surface area (Å²) in [4.78, 5) is 33.8. The predicted octanol–water partition coefficient (Wildman–Crippen LogP) is 3.86. The first-order valence-corrected chi connectivity index (χ1v) is 9.58. The molecule has 152 valence electrons. The highest BCUT2D eigenvalue weighted by molar-refractivity contribution is 6.03. The maximum Gasteiger partial charge on any atom is 0.328 e. The van der Waals surface area contributed by atoms with Crippen LogP contribution in [-0.2, 0) is 14.4 Å². The summed E-state index contributed by atoms with van der Waals surface area (Å²) in [6.07, 6.45) is 8.97. The van der Waals surface area contributed by atoms with Gasteiger partial charge in [-0.3, -0.25) is 9.59 Å². The minimum absolute atomic E-state index is 0.0936. The Balaban J connectivity index is 2.42. The summed E-state index contributed by atoms with van der Waals surface area (Å²) in [5, 5.41) is 15.2. The average Bonchev–Trinajstić information content (AvgIpc) is 2.67. The Morgan fingerprint density at radius 3 is 2.29 bits per heavy atom. The maximum absolute atomic E-state index is 11.8. The van der Waals surface area contributed by atoms with Crippen molar-refractivity contribution in [3.8, 4) is 0 Å². The number of carbonyl (C=O) groups excluding carboxylic acids is 2. The van der Waals surface area contributed by atoms with E-state index in [1.807, 2.05) is 0 Å². The van der Waals surface area contributed by atoms with Gasteiger partial charge in [-0.15, -0.1) is 0 Å². The van der Waals surface area contributed by atoms with E-state index in [9.17, 15) is 14.4 Å². The van der Waals surface area contributed by atoms with Gasteiger partial charge in [-0.25, -0.2) is 10.2 Å². The minimum atomic E-state index is -1.18. The van der Waals surface area contributed by atoms with Gasteiger partial charge in [0.1, 0.15) is 0 Å². The van der Waals surface area contributed by atoms with E-state index in [1.54, 1.807) is 31.2 Å². The van der Waals surface area contributed by atoms with Crippen molar-refractivity contribution in [1.29, 1.82) is 0 Å². The molecule has 0 heterocycles. The molecule has 0 spiro atoms. The van der Waals surface area contributed by atoms with E-state index in [-0.39, 0.29) is 5.91 Å². The number of amides is 2. The second-order valence-corrected chi connectivity index (χ2v) is 6.49. The van der Waals surface area contributed by atoms with Crippen molar-refractivity contribution in [1.82, 2.24) is 5.43 Å². The highest BCUT2D eigenvalue weighted by Crippen LogP contribution is 2.11. The fourth-order valence-corrected chi connectivity index (χ4v) is 2.46. The van der Waals surface area contributed by atoms with Crippen molar-refractivity contribution in [2.45, 2.75) is 58.8 Å². The molecule has 1 aromatic carbocycles. The fraction of sp³-hybridized carbons (Fsp3) is 0.429. The molecule has 0 aliphatic rings. The monoisotopic (exact) mass is 387 g/mol. The van der Waals surface area contributed by atoms with Gasteiger partial charge in [-0.2, -0.15) is 5.10 Å².